The molecule has 0 bridgehead atoms. The second kappa shape index (κ2) is 6.24. The third kappa shape index (κ3) is 2.99. The van der Waals surface area contributed by atoms with Gasteiger partial charge in [-0.15, -0.1) is 11.3 Å². The Morgan fingerprint density at radius 3 is 2.71 bits per heavy atom. The average Bonchev–Trinajstić information content (AvgIpc) is 3.14. The predicted molar refractivity (Wildman–Crippen MR) is 93.9 cm³/mol. The highest BCUT2D eigenvalue weighted by Crippen LogP contribution is 2.33. The molecule has 2 heterocycles. The smallest absolute Gasteiger partial charge is 0.274 e. The van der Waals surface area contributed by atoms with Crippen LogP contribution >= 0.6 is 11.3 Å². The van der Waals surface area contributed by atoms with Crippen molar-refractivity contribution in [2.24, 2.45) is 0 Å². The molecule has 0 unspecified atom stereocenters. The second-order valence-electron chi connectivity index (χ2n) is 6.05. The van der Waals surface area contributed by atoms with Crippen LogP contribution in [-0.2, 0) is 6.54 Å². The zero-order chi connectivity index (χ0) is 16.5. The van der Waals surface area contributed by atoms with Gasteiger partial charge in [0.25, 0.3) is 5.91 Å². The number of aromatic nitrogens is 1. The lowest BCUT2D eigenvalue weighted by atomic mass is 10.2. The first-order valence-corrected chi connectivity index (χ1v) is 8.90. The van der Waals surface area contributed by atoms with Crippen molar-refractivity contribution >= 4 is 17.2 Å². The van der Waals surface area contributed by atoms with Gasteiger partial charge in [-0.3, -0.25) is 4.79 Å². The van der Waals surface area contributed by atoms with Gasteiger partial charge in [-0.1, -0.05) is 30.3 Å². The Labute approximate surface area is 144 Å². The van der Waals surface area contributed by atoms with Crippen molar-refractivity contribution in [3.05, 3.63) is 64.9 Å². The van der Waals surface area contributed by atoms with Crippen LogP contribution in [0.5, 0.6) is 0 Å². The highest BCUT2D eigenvalue weighted by molar-refractivity contribution is 7.15. The van der Waals surface area contributed by atoms with E-state index < -0.39 is 0 Å². The minimum atomic E-state index is 0.0212. The topological polar surface area (TPSA) is 46.3 Å². The van der Waals surface area contributed by atoms with E-state index in [1.54, 1.807) is 6.26 Å². The summed E-state index contributed by atoms with van der Waals surface area (Å²) in [6, 6.07) is 14.2. The number of thiazole rings is 1. The molecular weight excluding hydrogens is 320 g/mol. The van der Waals surface area contributed by atoms with E-state index in [-0.39, 0.29) is 5.91 Å². The highest BCUT2D eigenvalue weighted by atomic mass is 32.1. The minimum Gasteiger partial charge on any atom is -0.462 e. The maximum absolute atomic E-state index is 13.1. The van der Waals surface area contributed by atoms with Crippen molar-refractivity contribution < 1.29 is 9.21 Å². The van der Waals surface area contributed by atoms with Crippen LogP contribution in [0.3, 0.4) is 0 Å². The third-order valence-corrected chi connectivity index (χ3v) is 5.16. The van der Waals surface area contributed by atoms with Crippen molar-refractivity contribution in [1.29, 1.82) is 0 Å². The number of furan rings is 1. The molecule has 4 nitrogen and oxygen atoms in total. The van der Waals surface area contributed by atoms with Crippen LogP contribution in [0.15, 0.2) is 53.1 Å². The van der Waals surface area contributed by atoms with E-state index in [4.69, 9.17) is 4.42 Å². The van der Waals surface area contributed by atoms with E-state index in [1.165, 1.54) is 11.3 Å². The standard InChI is InChI=1S/C19H18N2O2S/c1-13-17(20-18(24-13)16-8-5-11-23-16)19(22)21(15-9-10-15)12-14-6-3-2-4-7-14/h2-8,11,15H,9-10,12H2,1H3. The molecule has 24 heavy (non-hydrogen) atoms. The summed E-state index contributed by atoms with van der Waals surface area (Å²) in [5.41, 5.74) is 1.70. The second-order valence-corrected chi connectivity index (χ2v) is 7.25. The molecular formula is C19H18N2O2S. The molecule has 0 aliphatic heterocycles. The molecule has 122 valence electrons. The molecule has 2 aromatic heterocycles. The molecule has 3 aromatic rings. The first-order valence-electron chi connectivity index (χ1n) is 8.08. The van der Waals surface area contributed by atoms with Gasteiger partial charge < -0.3 is 9.32 Å². The van der Waals surface area contributed by atoms with Gasteiger partial charge in [-0.05, 0) is 37.5 Å². The van der Waals surface area contributed by atoms with Crippen LogP contribution in [-0.4, -0.2) is 21.8 Å². The summed E-state index contributed by atoms with van der Waals surface area (Å²) in [5.74, 6) is 0.732. The van der Waals surface area contributed by atoms with Gasteiger partial charge >= 0.3 is 0 Å². The van der Waals surface area contributed by atoms with Crippen LogP contribution < -0.4 is 0 Å². The number of amides is 1. The summed E-state index contributed by atoms with van der Waals surface area (Å²) in [5, 5.41) is 0.760. The molecule has 1 aromatic carbocycles. The Bertz CT molecular complexity index is 836. The lowest BCUT2D eigenvalue weighted by Crippen LogP contribution is -2.33. The highest BCUT2D eigenvalue weighted by Gasteiger charge is 2.34. The molecule has 4 rings (SSSR count). The third-order valence-electron chi connectivity index (χ3n) is 4.18. The van der Waals surface area contributed by atoms with Gasteiger partial charge in [0.1, 0.15) is 5.69 Å². The number of carbonyl (C=O) groups excluding carboxylic acids is 1. The molecule has 0 spiro atoms. The number of nitrogens with zero attached hydrogens (tertiary/aromatic N) is 2. The number of rotatable bonds is 5. The van der Waals surface area contributed by atoms with Crippen molar-refractivity contribution in [2.75, 3.05) is 0 Å². The van der Waals surface area contributed by atoms with E-state index in [9.17, 15) is 4.79 Å². The molecule has 0 N–H and O–H groups in total. The molecule has 5 heteroatoms. The molecule has 0 saturated heterocycles. The van der Waals surface area contributed by atoms with E-state index >= 15 is 0 Å². The Kier molecular flexibility index (Phi) is 3.94. The maximum atomic E-state index is 13.1. The quantitative estimate of drug-likeness (QED) is 0.687. The summed E-state index contributed by atoms with van der Waals surface area (Å²) in [7, 11) is 0. The number of carbonyl (C=O) groups is 1. The molecule has 1 amide bonds. The first kappa shape index (κ1) is 15.1. The fraction of sp³-hybridized carbons (Fsp3) is 0.263. The van der Waals surface area contributed by atoms with Gasteiger partial charge in [0.15, 0.2) is 10.8 Å². The van der Waals surface area contributed by atoms with Gasteiger partial charge in [-0.25, -0.2) is 4.98 Å². The van der Waals surface area contributed by atoms with Crippen molar-refractivity contribution in [1.82, 2.24) is 9.88 Å². The maximum Gasteiger partial charge on any atom is 0.274 e. The van der Waals surface area contributed by atoms with Crippen molar-refractivity contribution in [2.45, 2.75) is 32.4 Å². The van der Waals surface area contributed by atoms with Gasteiger partial charge in [0.05, 0.1) is 6.26 Å². The fourth-order valence-corrected chi connectivity index (χ4v) is 3.64. The van der Waals surface area contributed by atoms with Crippen LogP contribution in [0.4, 0.5) is 0 Å². The predicted octanol–water partition coefficient (Wildman–Crippen LogP) is 4.52. The SMILES string of the molecule is Cc1sc(-c2ccco2)nc1C(=O)N(Cc1ccccc1)C1CC1. The van der Waals surface area contributed by atoms with E-state index in [0.717, 1.165) is 28.3 Å². The summed E-state index contributed by atoms with van der Waals surface area (Å²) >= 11 is 1.50. The minimum absolute atomic E-state index is 0.0212. The number of benzene rings is 1. The first-order chi connectivity index (χ1) is 11.7. The van der Waals surface area contributed by atoms with Crippen molar-refractivity contribution in [3.63, 3.8) is 0 Å². The number of hydrogen-bond donors (Lipinski definition) is 0. The lowest BCUT2D eigenvalue weighted by molar-refractivity contribution is 0.0724. The largest absolute Gasteiger partial charge is 0.462 e. The summed E-state index contributed by atoms with van der Waals surface area (Å²) < 4.78 is 5.41. The number of hydrogen-bond acceptors (Lipinski definition) is 4. The Hall–Kier alpha value is -2.40. The molecule has 0 radical (unpaired) electrons. The molecule has 1 saturated carbocycles. The molecule has 1 aliphatic carbocycles. The van der Waals surface area contributed by atoms with Gasteiger partial charge in [0.2, 0.25) is 0 Å². The average molecular weight is 338 g/mol. The summed E-state index contributed by atoms with van der Waals surface area (Å²) in [6.07, 6.45) is 3.78. The molecule has 1 fully saturated rings. The van der Waals surface area contributed by atoms with Crippen LogP contribution in [0, 0.1) is 6.92 Å². The van der Waals surface area contributed by atoms with E-state index in [1.807, 2.05) is 42.2 Å². The van der Waals surface area contributed by atoms with Gasteiger partial charge in [0, 0.05) is 17.5 Å². The monoisotopic (exact) mass is 338 g/mol. The van der Waals surface area contributed by atoms with E-state index in [0.29, 0.717) is 24.0 Å². The normalized spacial score (nSPS) is 13.9. The van der Waals surface area contributed by atoms with Crippen LogP contribution in [0.1, 0.15) is 33.8 Å². The van der Waals surface area contributed by atoms with Crippen LogP contribution in [0.2, 0.25) is 0 Å². The summed E-state index contributed by atoms with van der Waals surface area (Å²) in [6.45, 7) is 2.59. The fourth-order valence-electron chi connectivity index (χ4n) is 2.77. The Balaban J connectivity index is 1.61. The summed E-state index contributed by atoms with van der Waals surface area (Å²) in [4.78, 5) is 20.5. The molecule has 0 atom stereocenters. The van der Waals surface area contributed by atoms with Crippen LogP contribution in [0.25, 0.3) is 10.8 Å². The van der Waals surface area contributed by atoms with Gasteiger partial charge in [-0.2, -0.15) is 0 Å². The Morgan fingerprint density at radius 2 is 2.04 bits per heavy atom. The number of aryl methyl sites for hydroxylation is 1. The van der Waals surface area contributed by atoms with E-state index in [2.05, 4.69) is 17.1 Å². The van der Waals surface area contributed by atoms with Crippen molar-refractivity contribution in [3.8, 4) is 10.8 Å². The lowest BCUT2D eigenvalue weighted by Gasteiger charge is -2.22. The Morgan fingerprint density at radius 1 is 1.25 bits per heavy atom. The zero-order valence-electron chi connectivity index (χ0n) is 13.4. The molecule has 1 aliphatic rings. The zero-order valence-corrected chi connectivity index (χ0v) is 14.3.